The van der Waals surface area contributed by atoms with Gasteiger partial charge in [-0.1, -0.05) is 53.5 Å². The van der Waals surface area contributed by atoms with E-state index in [1.54, 1.807) is 11.0 Å². The van der Waals surface area contributed by atoms with Crippen LogP contribution in [0, 0.1) is 23.1 Å². The van der Waals surface area contributed by atoms with Crippen molar-refractivity contribution < 1.29 is 28.1 Å². The van der Waals surface area contributed by atoms with Crippen LogP contribution in [0.15, 0.2) is 30.5 Å². The number of aliphatic hydroxyl groups is 1. The Labute approximate surface area is 316 Å². The topological polar surface area (TPSA) is 121 Å². The van der Waals surface area contributed by atoms with Crippen LogP contribution in [0.5, 0.6) is 11.8 Å². The Morgan fingerprint density at radius 2 is 1.80 bits per heavy atom. The van der Waals surface area contributed by atoms with Gasteiger partial charge < -0.3 is 25.6 Å². The second-order valence-electron chi connectivity index (χ2n) is 16.6. The number of rotatable bonds is 8. The molecule has 7 rings (SSSR count). The number of halogens is 3. The summed E-state index contributed by atoms with van der Waals surface area (Å²) in [5.41, 5.74) is 10.3. The lowest BCUT2D eigenvalue weighted by atomic mass is 9.95. The highest BCUT2D eigenvalue weighted by Crippen LogP contribution is 2.43. The summed E-state index contributed by atoms with van der Waals surface area (Å²) in [4.78, 5) is 17.8. The van der Waals surface area contributed by atoms with Crippen molar-refractivity contribution in [1.29, 1.82) is 0 Å². The van der Waals surface area contributed by atoms with Crippen LogP contribution in [0.2, 0.25) is 16.6 Å². The molecule has 13 heteroatoms. The van der Waals surface area contributed by atoms with E-state index in [1.807, 2.05) is 0 Å². The van der Waals surface area contributed by atoms with E-state index in [9.17, 15) is 14.6 Å². The van der Waals surface area contributed by atoms with Crippen molar-refractivity contribution >= 4 is 35.6 Å². The van der Waals surface area contributed by atoms with Crippen molar-refractivity contribution in [2.75, 3.05) is 37.7 Å². The molecule has 3 fully saturated rings. The third kappa shape index (κ3) is 6.69. The number of ether oxygens (including phenoxy) is 1. The number of hydrogen-bond acceptors (Lipinski definition) is 9. The van der Waals surface area contributed by atoms with Crippen molar-refractivity contribution in [3.05, 3.63) is 47.7 Å². The van der Waals surface area contributed by atoms with E-state index in [2.05, 4.69) is 67.9 Å². The number of hydrogen-bond donors (Lipinski definition) is 3. The lowest BCUT2D eigenvalue weighted by Crippen LogP contribution is -2.49. The molecule has 5 heterocycles. The van der Waals surface area contributed by atoms with Gasteiger partial charge in [-0.05, 0) is 66.0 Å². The summed E-state index contributed by atoms with van der Waals surface area (Å²) in [7, 11) is -2.30. The number of benzene rings is 2. The maximum absolute atomic E-state index is 17.3. The molecule has 2 aromatic heterocycles. The number of pyridine rings is 1. The Morgan fingerprint density at radius 3 is 2.50 bits per heavy atom. The highest BCUT2D eigenvalue weighted by atomic mass is 28.3. The maximum atomic E-state index is 17.3. The summed E-state index contributed by atoms with van der Waals surface area (Å²) in [5, 5.41) is 22.6. The van der Waals surface area contributed by atoms with Gasteiger partial charge in [-0.2, -0.15) is 9.97 Å². The zero-order valence-corrected chi connectivity index (χ0v) is 33.0. The second kappa shape index (κ2) is 14.6. The largest absolute Gasteiger partial charge is 0.508 e. The minimum atomic E-state index is -2.30. The molecule has 54 heavy (non-hydrogen) atoms. The zero-order valence-electron chi connectivity index (χ0n) is 32.0. The van der Waals surface area contributed by atoms with Gasteiger partial charge in [-0.25, -0.2) is 13.2 Å². The lowest BCUT2D eigenvalue weighted by molar-refractivity contribution is 0.107. The average molecular weight is 761 g/mol. The molecule has 0 saturated carbocycles. The van der Waals surface area contributed by atoms with E-state index in [4.69, 9.17) is 15.5 Å². The Hall–Kier alpha value is -3.96. The molecule has 2 aromatic carbocycles. The number of aromatic hydroxyl groups is 1. The van der Waals surface area contributed by atoms with Crippen LogP contribution < -0.4 is 15.4 Å². The van der Waals surface area contributed by atoms with Crippen molar-refractivity contribution in [2.45, 2.75) is 108 Å². The van der Waals surface area contributed by atoms with Gasteiger partial charge in [-0.15, -0.1) is 5.54 Å². The van der Waals surface area contributed by atoms with Gasteiger partial charge in [0.25, 0.3) is 0 Å². The van der Waals surface area contributed by atoms with Gasteiger partial charge in [0.2, 0.25) is 0 Å². The van der Waals surface area contributed by atoms with Crippen LogP contribution in [0.4, 0.5) is 19.0 Å². The number of anilines is 1. The van der Waals surface area contributed by atoms with Crippen LogP contribution in [0.25, 0.3) is 32.9 Å². The number of β-amino-alcohol motifs (C(OH)–C–C–N with tert-alkyl or cyclic N) is 1. The van der Waals surface area contributed by atoms with Crippen molar-refractivity contribution in [3.8, 4) is 34.5 Å². The predicted octanol–water partition coefficient (Wildman–Crippen LogP) is 7.25. The fourth-order valence-electron chi connectivity index (χ4n) is 9.78. The molecule has 4 N–H and O–H groups in total. The minimum Gasteiger partial charge on any atom is -0.508 e. The number of nitrogens with two attached hydrogens (primary N) is 1. The number of piperidine rings is 1. The molecule has 3 aliphatic rings. The summed E-state index contributed by atoms with van der Waals surface area (Å²) >= 11 is 0. The molecule has 0 bridgehead atoms. The van der Waals surface area contributed by atoms with Crippen LogP contribution in [0.1, 0.15) is 72.8 Å². The van der Waals surface area contributed by atoms with E-state index in [1.165, 1.54) is 24.4 Å². The third-order valence-corrected chi connectivity index (χ3v) is 18.5. The van der Waals surface area contributed by atoms with Crippen LogP contribution in [0.3, 0.4) is 0 Å². The van der Waals surface area contributed by atoms with Gasteiger partial charge in [0.15, 0.2) is 5.82 Å². The van der Waals surface area contributed by atoms with E-state index in [0.29, 0.717) is 59.1 Å². The van der Waals surface area contributed by atoms with Gasteiger partial charge in [-0.3, -0.25) is 9.88 Å². The average Bonchev–Trinajstić information content (AvgIpc) is 3.63. The molecule has 0 amide bonds. The highest BCUT2D eigenvalue weighted by molar-refractivity contribution is 6.90. The molecule has 288 valence electrons. The second-order valence-corrected chi connectivity index (χ2v) is 22.2. The summed E-state index contributed by atoms with van der Waals surface area (Å²) in [6, 6.07) is 5.30. The smallest absolute Gasteiger partial charge is 0.319 e. The molecule has 0 unspecified atom stereocenters. The summed E-state index contributed by atoms with van der Waals surface area (Å²) in [6.07, 6.45) is 2.20. The number of phenols is 1. The zero-order chi connectivity index (χ0) is 38.7. The standard InChI is InChI=1S/C41H51F3N6O3Si/c1-23(2)54(24(3)4,25(5)6)13-10-31-34(43)9-8-26-14-29(51)16-32(35(26)31)37-36(44)38-33(18-46-37)39(49-20-28(45)15-30(52)21-49)48-40(47-38)53-22-41-11-7-12-50(41)19-27(42)17-41/h8-9,14,16,18,23-25,27-28,30,51-52H,7,11-12,15,17,19-22,45H2,1-6H3/t27-,28-,30-,41+/m1/s1. The van der Waals surface area contributed by atoms with Crippen LogP contribution in [-0.4, -0.2) is 94.8 Å². The maximum Gasteiger partial charge on any atom is 0.319 e. The van der Waals surface area contributed by atoms with E-state index < -0.39 is 37.5 Å². The number of fused-ring (bicyclic) bond motifs is 3. The molecule has 0 aliphatic carbocycles. The minimum absolute atomic E-state index is 0.0959. The highest BCUT2D eigenvalue weighted by Gasteiger charge is 2.49. The molecule has 3 aliphatic heterocycles. The molecule has 0 radical (unpaired) electrons. The normalized spacial score (nSPS) is 23.5. The molecular weight excluding hydrogens is 710 g/mol. The van der Waals surface area contributed by atoms with Crippen LogP contribution >= 0.6 is 0 Å². The number of phenolic OH excluding ortho intramolecular Hbond substituents is 1. The lowest BCUT2D eigenvalue weighted by Gasteiger charge is -2.38. The fraction of sp³-hybridized carbons (Fsp3) is 0.537. The Kier molecular flexibility index (Phi) is 10.4. The van der Waals surface area contributed by atoms with Crippen molar-refractivity contribution in [3.63, 3.8) is 0 Å². The molecule has 3 saturated heterocycles. The van der Waals surface area contributed by atoms with Gasteiger partial charge >= 0.3 is 6.01 Å². The summed E-state index contributed by atoms with van der Waals surface area (Å²) in [6.45, 7) is 14.9. The molecular formula is C41H51F3N6O3Si. The Bertz CT molecular complexity index is 2110. The number of aliphatic hydroxyl groups excluding tert-OH is 1. The molecule has 4 aromatic rings. The van der Waals surface area contributed by atoms with E-state index in [0.717, 1.165) is 19.4 Å². The van der Waals surface area contributed by atoms with Gasteiger partial charge in [0.05, 0.1) is 22.6 Å². The SMILES string of the molecule is CC(C)[Si](C#Cc1c(F)ccc2cc(O)cc(-c3ncc4c(N5C[C@H](N)C[C@@H](O)C5)nc(OC[C@@]56CCCN5C[C@H](F)C6)nc4c3F)c12)(C(C)C)C(C)C. The first-order valence-corrected chi connectivity index (χ1v) is 21.4. The fourth-order valence-corrected chi connectivity index (χ4v) is 15.0. The molecule has 4 atom stereocenters. The summed E-state index contributed by atoms with van der Waals surface area (Å²) in [5.74, 6) is 2.03. The quantitative estimate of drug-likeness (QED) is 0.126. The Morgan fingerprint density at radius 1 is 1.06 bits per heavy atom. The molecule has 0 spiro atoms. The first-order chi connectivity index (χ1) is 25.6. The third-order valence-electron chi connectivity index (χ3n) is 12.2. The number of nitrogens with zero attached hydrogens (tertiary/aromatic N) is 5. The first-order valence-electron chi connectivity index (χ1n) is 19.2. The van der Waals surface area contributed by atoms with E-state index in [-0.39, 0.29) is 58.7 Å². The Balaban J connectivity index is 1.41. The van der Waals surface area contributed by atoms with Crippen molar-refractivity contribution in [2.24, 2.45) is 5.73 Å². The predicted molar refractivity (Wildman–Crippen MR) is 209 cm³/mol. The summed E-state index contributed by atoms with van der Waals surface area (Å²) < 4.78 is 54.1. The number of alkyl halides is 1. The number of aromatic nitrogens is 3. The van der Waals surface area contributed by atoms with Gasteiger partial charge in [0, 0.05) is 49.2 Å². The first kappa shape index (κ1) is 38.3. The van der Waals surface area contributed by atoms with Crippen molar-refractivity contribution in [1.82, 2.24) is 19.9 Å². The molecule has 9 nitrogen and oxygen atoms in total. The monoisotopic (exact) mass is 760 g/mol. The van der Waals surface area contributed by atoms with Crippen LogP contribution in [-0.2, 0) is 0 Å². The van der Waals surface area contributed by atoms with E-state index >= 15 is 8.78 Å². The van der Waals surface area contributed by atoms with Gasteiger partial charge in [0.1, 0.15) is 49.4 Å².